The number of nitrogens with zero attached hydrogens (tertiary/aromatic N) is 1. The summed E-state index contributed by atoms with van der Waals surface area (Å²) in [5, 5.41) is 17.3. The quantitative estimate of drug-likeness (QED) is 0.227. The van der Waals surface area contributed by atoms with Crippen LogP contribution >= 0.6 is 0 Å². The summed E-state index contributed by atoms with van der Waals surface area (Å²) in [5.74, 6) is -1.31. The second-order valence-electron chi connectivity index (χ2n) is 9.24. The van der Waals surface area contributed by atoms with Crippen molar-refractivity contribution >= 4 is 39.3 Å². The van der Waals surface area contributed by atoms with E-state index in [9.17, 15) is 27.9 Å². The number of aromatic nitrogens is 1. The fourth-order valence-corrected chi connectivity index (χ4v) is 4.78. The highest BCUT2D eigenvalue weighted by Gasteiger charge is 2.21. The van der Waals surface area contributed by atoms with E-state index in [1.165, 1.54) is 30.3 Å². The highest BCUT2D eigenvalue weighted by molar-refractivity contribution is 7.92. The third-order valence-electron chi connectivity index (χ3n) is 5.45. The van der Waals surface area contributed by atoms with Gasteiger partial charge in [-0.15, -0.1) is 0 Å². The molecule has 5 N–H and O–H groups in total. The van der Waals surface area contributed by atoms with Gasteiger partial charge in [-0.2, -0.15) is 0 Å². The molecule has 206 valence electrons. The summed E-state index contributed by atoms with van der Waals surface area (Å²) in [6.07, 6.45) is 3.09. The third-order valence-corrected chi connectivity index (χ3v) is 6.83. The molecule has 0 saturated carbocycles. The lowest BCUT2D eigenvalue weighted by Gasteiger charge is -2.19. The molecule has 1 aromatic heterocycles. The Balaban J connectivity index is 1.71. The molecule has 0 spiro atoms. The number of urea groups is 1. The lowest BCUT2D eigenvalue weighted by atomic mass is 10.0. The summed E-state index contributed by atoms with van der Waals surface area (Å²) in [5.41, 5.74) is 1.76. The molecule has 0 radical (unpaired) electrons. The van der Waals surface area contributed by atoms with Gasteiger partial charge in [-0.05, 0) is 59.5 Å². The van der Waals surface area contributed by atoms with Gasteiger partial charge in [0.2, 0.25) is 5.91 Å². The number of carboxylic acids is 1. The zero-order valence-corrected chi connectivity index (χ0v) is 22.4. The number of rotatable bonds is 12. The molecule has 2 aromatic carbocycles. The van der Waals surface area contributed by atoms with E-state index in [-0.39, 0.29) is 47.5 Å². The molecule has 3 rings (SSSR count). The van der Waals surface area contributed by atoms with Crippen molar-refractivity contribution < 1.29 is 27.9 Å². The first-order chi connectivity index (χ1) is 18.5. The minimum atomic E-state index is -4.06. The molecular weight excluding hydrogens is 522 g/mol. The summed E-state index contributed by atoms with van der Waals surface area (Å²) in [7, 11) is -4.06. The highest BCUT2D eigenvalue weighted by Crippen LogP contribution is 2.24. The van der Waals surface area contributed by atoms with E-state index in [1.807, 2.05) is 13.8 Å². The van der Waals surface area contributed by atoms with Crippen molar-refractivity contribution in [2.24, 2.45) is 5.92 Å². The van der Waals surface area contributed by atoms with Crippen LogP contribution in [0.5, 0.6) is 0 Å². The topological polar surface area (TPSA) is 167 Å². The number of hydrogen-bond donors (Lipinski definition) is 5. The Morgan fingerprint density at radius 1 is 0.923 bits per heavy atom. The van der Waals surface area contributed by atoms with E-state index in [1.54, 1.807) is 42.7 Å². The van der Waals surface area contributed by atoms with Crippen LogP contribution in [-0.2, 0) is 26.2 Å². The third kappa shape index (κ3) is 9.42. The van der Waals surface area contributed by atoms with Gasteiger partial charge in [-0.25, -0.2) is 13.2 Å². The van der Waals surface area contributed by atoms with Crippen LogP contribution < -0.4 is 20.7 Å². The number of pyridine rings is 1. The van der Waals surface area contributed by atoms with Crippen molar-refractivity contribution in [2.45, 2.75) is 44.2 Å². The summed E-state index contributed by atoms with van der Waals surface area (Å²) in [4.78, 5) is 39.8. The maximum Gasteiger partial charge on any atom is 0.319 e. The molecule has 0 aliphatic heterocycles. The summed E-state index contributed by atoms with van der Waals surface area (Å²) >= 11 is 0. The molecule has 1 atom stereocenters. The normalized spacial score (nSPS) is 11.9. The minimum absolute atomic E-state index is 0.0892. The Kier molecular flexibility index (Phi) is 9.98. The first-order valence-corrected chi connectivity index (χ1v) is 13.7. The van der Waals surface area contributed by atoms with Crippen molar-refractivity contribution in [3.05, 3.63) is 84.2 Å². The zero-order valence-electron chi connectivity index (χ0n) is 21.5. The second-order valence-corrected chi connectivity index (χ2v) is 10.9. The Hall–Kier alpha value is -4.45. The van der Waals surface area contributed by atoms with Gasteiger partial charge >= 0.3 is 12.0 Å². The van der Waals surface area contributed by atoms with Crippen LogP contribution in [0.2, 0.25) is 0 Å². The predicted molar refractivity (Wildman–Crippen MR) is 146 cm³/mol. The average Bonchev–Trinajstić information content (AvgIpc) is 2.87. The molecule has 3 aromatic rings. The standard InChI is InChI=1S/C27H31N5O6S/c1-18(2)13-25(33)31-24(16-26(34)35)20-5-3-7-22(14-20)32-39(37,38)23-8-4-6-21(15-23)30-27(36)29-17-19-9-11-28-12-10-19/h3-12,14-15,18,24,32H,13,16-17H2,1-2H3,(H,31,33)(H,34,35)(H2,29,30,36). The van der Waals surface area contributed by atoms with E-state index in [0.717, 1.165) is 5.56 Å². The lowest BCUT2D eigenvalue weighted by Crippen LogP contribution is -2.31. The molecule has 0 bridgehead atoms. The van der Waals surface area contributed by atoms with Crippen molar-refractivity contribution in [1.29, 1.82) is 0 Å². The molecule has 1 heterocycles. The van der Waals surface area contributed by atoms with Gasteiger partial charge in [0.1, 0.15) is 0 Å². The number of amides is 3. The van der Waals surface area contributed by atoms with E-state index in [4.69, 9.17) is 0 Å². The van der Waals surface area contributed by atoms with Gasteiger partial charge in [-0.3, -0.25) is 19.3 Å². The molecular formula is C27H31N5O6S. The van der Waals surface area contributed by atoms with Crippen LogP contribution in [0.15, 0.2) is 78.0 Å². The first kappa shape index (κ1) is 29.1. The minimum Gasteiger partial charge on any atom is -0.481 e. The number of carbonyl (C=O) groups excluding carboxylic acids is 2. The fourth-order valence-electron chi connectivity index (χ4n) is 3.68. The summed E-state index contributed by atoms with van der Waals surface area (Å²) < 4.78 is 28.7. The Morgan fingerprint density at radius 3 is 2.31 bits per heavy atom. The Bertz CT molecular complexity index is 1410. The first-order valence-electron chi connectivity index (χ1n) is 12.2. The summed E-state index contributed by atoms with van der Waals surface area (Å²) in [6, 6.07) is 14.1. The van der Waals surface area contributed by atoms with E-state index < -0.39 is 28.1 Å². The second kappa shape index (κ2) is 13.4. The van der Waals surface area contributed by atoms with Gasteiger partial charge in [0, 0.05) is 36.7 Å². The van der Waals surface area contributed by atoms with E-state index >= 15 is 0 Å². The number of sulfonamides is 1. The molecule has 0 aliphatic rings. The van der Waals surface area contributed by atoms with Crippen LogP contribution in [0.1, 0.15) is 43.9 Å². The lowest BCUT2D eigenvalue weighted by molar-refractivity contribution is -0.137. The van der Waals surface area contributed by atoms with Crippen LogP contribution in [-0.4, -0.2) is 36.4 Å². The Labute approximate surface area is 227 Å². The molecule has 39 heavy (non-hydrogen) atoms. The van der Waals surface area contributed by atoms with Gasteiger partial charge < -0.3 is 21.1 Å². The van der Waals surface area contributed by atoms with Crippen molar-refractivity contribution in [2.75, 3.05) is 10.0 Å². The van der Waals surface area contributed by atoms with E-state index in [0.29, 0.717) is 5.56 Å². The Morgan fingerprint density at radius 2 is 1.62 bits per heavy atom. The van der Waals surface area contributed by atoms with Crippen LogP contribution in [0.25, 0.3) is 0 Å². The van der Waals surface area contributed by atoms with Gasteiger partial charge in [0.05, 0.1) is 17.4 Å². The van der Waals surface area contributed by atoms with Crippen LogP contribution in [0, 0.1) is 5.92 Å². The van der Waals surface area contributed by atoms with Crippen LogP contribution in [0.4, 0.5) is 16.2 Å². The number of carbonyl (C=O) groups is 3. The maximum atomic E-state index is 13.1. The van der Waals surface area contributed by atoms with Gasteiger partial charge in [-0.1, -0.05) is 32.0 Å². The largest absolute Gasteiger partial charge is 0.481 e. The number of aliphatic carboxylic acids is 1. The number of anilines is 2. The molecule has 1 unspecified atom stereocenters. The summed E-state index contributed by atoms with van der Waals surface area (Å²) in [6.45, 7) is 4.02. The highest BCUT2D eigenvalue weighted by atomic mass is 32.2. The average molecular weight is 554 g/mol. The van der Waals surface area contributed by atoms with E-state index in [2.05, 4.69) is 25.7 Å². The van der Waals surface area contributed by atoms with Crippen molar-refractivity contribution in [3.63, 3.8) is 0 Å². The monoisotopic (exact) mass is 553 g/mol. The SMILES string of the molecule is CC(C)CC(=O)NC(CC(=O)O)c1cccc(NS(=O)(=O)c2cccc(NC(=O)NCc3ccncc3)c2)c1. The fraction of sp³-hybridized carbons (Fsp3) is 0.259. The van der Waals surface area contributed by atoms with Gasteiger partial charge in [0.25, 0.3) is 10.0 Å². The number of hydrogen-bond acceptors (Lipinski definition) is 6. The maximum absolute atomic E-state index is 13.1. The van der Waals surface area contributed by atoms with Gasteiger partial charge in [0.15, 0.2) is 0 Å². The number of carboxylic acid groups (broad SMARTS) is 1. The smallest absolute Gasteiger partial charge is 0.319 e. The molecule has 0 aliphatic carbocycles. The number of nitrogens with one attached hydrogen (secondary N) is 4. The predicted octanol–water partition coefficient (Wildman–Crippen LogP) is 3.88. The molecule has 0 fully saturated rings. The van der Waals surface area contributed by atoms with Crippen LogP contribution in [0.3, 0.4) is 0 Å². The van der Waals surface area contributed by atoms with Crippen molar-refractivity contribution in [3.8, 4) is 0 Å². The molecule has 12 heteroatoms. The molecule has 0 saturated heterocycles. The number of benzene rings is 2. The van der Waals surface area contributed by atoms with Crippen molar-refractivity contribution in [1.82, 2.24) is 15.6 Å². The molecule has 11 nitrogen and oxygen atoms in total. The zero-order chi connectivity index (χ0) is 28.4. The molecule has 3 amide bonds.